The summed E-state index contributed by atoms with van der Waals surface area (Å²) in [5, 5.41) is 11.4. The van der Waals surface area contributed by atoms with E-state index in [9.17, 15) is 0 Å². The van der Waals surface area contributed by atoms with E-state index in [1.54, 1.807) is 0 Å². The Morgan fingerprint density at radius 1 is 1.12 bits per heavy atom. The second-order valence-corrected chi connectivity index (χ2v) is 4.45. The molecule has 0 radical (unpaired) electrons. The van der Waals surface area contributed by atoms with Crippen molar-refractivity contribution in [1.82, 2.24) is 0 Å². The number of aliphatic hydroxyl groups excluding tert-OH is 1. The van der Waals surface area contributed by atoms with Gasteiger partial charge in [-0.2, -0.15) is 0 Å². The van der Waals surface area contributed by atoms with Crippen molar-refractivity contribution in [3.63, 3.8) is 0 Å². The topological polar surface area (TPSA) is 46.2 Å². The zero-order valence-corrected chi connectivity index (χ0v) is 9.48. The lowest BCUT2D eigenvalue weighted by Crippen LogP contribution is -2.33. The van der Waals surface area contributed by atoms with E-state index in [4.69, 9.17) is 10.8 Å². The first-order valence-corrected chi connectivity index (χ1v) is 5.52. The van der Waals surface area contributed by atoms with E-state index in [-0.39, 0.29) is 6.61 Å². The number of fused-ring (bicyclic) bond motifs is 1. The average molecular weight is 215 g/mol. The van der Waals surface area contributed by atoms with Gasteiger partial charge in [0.15, 0.2) is 0 Å². The summed E-state index contributed by atoms with van der Waals surface area (Å²) < 4.78 is 0. The van der Waals surface area contributed by atoms with Gasteiger partial charge in [0, 0.05) is 12.1 Å². The molecule has 2 aromatic rings. The van der Waals surface area contributed by atoms with Crippen molar-refractivity contribution in [2.24, 2.45) is 5.73 Å². The third kappa shape index (κ3) is 2.08. The Morgan fingerprint density at radius 2 is 1.81 bits per heavy atom. The van der Waals surface area contributed by atoms with Crippen LogP contribution in [0.4, 0.5) is 0 Å². The Bertz CT molecular complexity index is 491. The zero-order chi connectivity index (χ0) is 11.6. The molecule has 0 heterocycles. The lowest BCUT2D eigenvalue weighted by Gasteiger charge is -2.24. The fourth-order valence-corrected chi connectivity index (χ4v) is 1.92. The standard InChI is InChI=1S/C14H17NO/c1-14(15,8-9-16)13-7-6-11-4-2-3-5-12(11)10-13/h2-7,10,16H,8-9,15H2,1H3. The van der Waals surface area contributed by atoms with Gasteiger partial charge in [-0.15, -0.1) is 0 Å². The smallest absolute Gasteiger partial charge is 0.0451 e. The molecule has 0 aliphatic rings. The summed E-state index contributed by atoms with van der Waals surface area (Å²) in [5.74, 6) is 0. The largest absolute Gasteiger partial charge is 0.396 e. The number of benzene rings is 2. The Kier molecular flexibility index (Phi) is 2.95. The van der Waals surface area contributed by atoms with Crippen molar-refractivity contribution in [3.8, 4) is 0 Å². The highest BCUT2D eigenvalue weighted by molar-refractivity contribution is 5.83. The lowest BCUT2D eigenvalue weighted by atomic mass is 9.89. The van der Waals surface area contributed by atoms with Gasteiger partial charge in [-0.1, -0.05) is 36.4 Å². The number of rotatable bonds is 3. The van der Waals surface area contributed by atoms with Gasteiger partial charge in [0.1, 0.15) is 0 Å². The Labute approximate surface area is 95.7 Å². The number of nitrogens with two attached hydrogens (primary N) is 1. The van der Waals surface area contributed by atoms with Crippen molar-refractivity contribution in [2.45, 2.75) is 18.9 Å². The SMILES string of the molecule is CC(N)(CCO)c1ccc2ccccc2c1. The number of hydrogen-bond donors (Lipinski definition) is 2. The Hall–Kier alpha value is -1.38. The Balaban J connectivity index is 2.46. The molecular formula is C14H17NO. The van der Waals surface area contributed by atoms with Gasteiger partial charge in [-0.3, -0.25) is 0 Å². The predicted octanol–water partition coefficient (Wildman–Crippen LogP) is 2.40. The van der Waals surface area contributed by atoms with Crippen LogP contribution >= 0.6 is 0 Å². The molecular weight excluding hydrogens is 198 g/mol. The van der Waals surface area contributed by atoms with Gasteiger partial charge in [-0.25, -0.2) is 0 Å². The van der Waals surface area contributed by atoms with Gasteiger partial charge >= 0.3 is 0 Å². The van der Waals surface area contributed by atoms with Crippen molar-refractivity contribution in [3.05, 3.63) is 48.0 Å². The fourth-order valence-electron chi connectivity index (χ4n) is 1.92. The summed E-state index contributed by atoms with van der Waals surface area (Å²) in [6, 6.07) is 14.4. The minimum Gasteiger partial charge on any atom is -0.396 e. The highest BCUT2D eigenvalue weighted by Gasteiger charge is 2.20. The normalized spacial score (nSPS) is 14.9. The van der Waals surface area contributed by atoms with Gasteiger partial charge in [0.25, 0.3) is 0 Å². The van der Waals surface area contributed by atoms with E-state index in [0.29, 0.717) is 6.42 Å². The molecule has 0 saturated heterocycles. The molecule has 0 bridgehead atoms. The van der Waals surface area contributed by atoms with Crippen molar-refractivity contribution in [1.29, 1.82) is 0 Å². The molecule has 84 valence electrons. The first-order valence-electron chi connectivity index (χ1n) is 5.52. The minimum atomic E-state index is -0.460. The summed E-state index contributed by atoms with van der Waals surface area (Å²) in [6.45, 7) is 2.06. The van der Waals surface area contributed by atoms with Crippen LogP contribution in [0.5, 0.6) is 0 Å². The maximum Gasteiger partial charge on any atom is 0.0451 e. The summed E-state index contributed by atoms with van der Waals surface area (Å²) in [5.41, 5.74) is 6.79. The third-order valence-electron chi connectivity index (χ3n) is 3.04. The van der Waals surface area contributed by atoms with E-state index in [2.05, 4.69) is 24.3 Å². The van der Waals surface area contributed by atoms with Crippen LogP contribution < -0.4 is 5.73 Å². The molecule has 1 atom stereocenters. The number of hydrogen-bond acceptors (Lipinski definition) is 2. The second kappa shape index (κ2) is 4.24. The maximum atomic E-state index is 9.00. The molecule has 2 aromatic carbocycles. The van der Waals surface area contributed by atoms with E-state index in [1.165, 1.54) is 10.8 Å². The van der Waals surface area contributed by atoms with E-state index >= 15 is 0 Å². The quantitative estimate of drug-likeness (QED) is 0.825. The van der Waals surface area contributed by atoms with Crippen LogP contribution in [0.3, 0.4) is 0 Å². The van der Waals surface area contributed by atoms with Gasteiger partial charge in [0.2, 0.25) is 0 Å². The van der Waals surface area contributed by atoms with Crippen LogP contribution in [-0.2, 0) is 5.54 Å². The molecule has 0 saturated carbocycles. The molecule has 16 heavy (non-hydrogen) atoms. The first-order chi connectivity index (χ1) is 7.63. The van der Waals surface area contributed by atoms with E-state index < -0.39 is 5.54 Å². The van der Waals surface area contributed by atoms with Crippen LogP contribution in [0.15, 0.2) is 42.5 Å². The van der Waals surface area contributed by atoms with Crippen LogP contribution in [0, 0.1) is 0 Å². The predicted molar refractivity (Wildman–Crippen MR) is 67.2 cm³/mol. The molecule has 1 unspecified atom stereocenters. The molecule has 2 rings (SSSR count). The van der Waals surface area contributed by atoms with Crippen molar-refractivity contribution >= 4 is 10.8 Å². The van der Waals surface area contributed by atoms with Crippen LogP contribution in [0.2, 0.25) is 0 Å². The van der Waals surface area contributed by atoms with Crippen molar-refractivity contribution < 1.29 is 5.11 Å². The number of aliphatic hydroxyl groups is 1. The summed E-state index contributed by atoms with van der Waals surface area (Å²) >= 11 is 0. The molecule has 2 nitrogen and oxygen atoms in total. The van der Waals surface area contributed by atoms with Crippen LogP contribution in [-0.4, -0.2) is 11.7 Å². The van der Waals surface area contributed by atoms with Gasteiger partial charge in [-0.05, 0) is 35.7 Å². The lowest BCUT2D eigenvalue weighted by molar-refractivity contribution is 0.247. The van der Waals surface area contributed by atoms with Gasteiger partial charge < -0.3 is 10.8 Å². The minimum absolute atomic E-state index is 0.111. The van der Waals surface area contributed by atoms with Crippen LogP contribution in [0.1, 0.15) is 18.9 Å². The molecule has 0 aliphatic heterocycles. The average Bonchev–Trinajstić information content (AvgIpc) is 2.28. The van der Waals surface area contributed by atoms with Crippen molar-refractivity contribution in [2.75, 3.05) is 6.61 Å². The maximum absolute atomic E-state index is 9.00. The van der Waals surface area contributed by atoms with Crippen LogP contribution in [0.25, 0.3) is 10.8 Å². The molecule has 0 aromatic heterocycles. The zero-order valence-electron chi connectivity index (χ0n) is 9.48. The van der Waals surface area contributed by atoms with E-state index in [1.807, 2.05) is 25.1 Å². The molecule has 0 fully saturated rings. The van der Waals surface area contributed by atoms with E-state index in [0.717, 1.165) is 5.56 Å². The molecule has 3 N–H and O–H groups in total. The summed E-state index contributed by atoms with van der Waals surface area (Å²) in [4.78, 5) is 0. The molecule has 0 spiro atoms. The Morgan fingerprint density at radius 3 is 2.50 bits per heavy atom. The monoisotopic (exact) mass is 215 g/mol. The third-order valence-corrected chi connectivity index (χ3v) is 3.04. The second-order valence-electron chi connectivity index (χ2n) is 4.45. The first kappa shape index (κ1) is 11.1. The highest BCUT2D eigenvalue weighted by atomic mass is 16.3. The molecule has 2 heteroatoms. The highest BCUT2D eigenvalue weighted by Crippen LogP contribution is 2.25. The fraction of sp³-hybridized carbons (Fsp3) is 0.286. The summed E-state index contributed by atoms with van der Waals surface area (Å²) in [7, 11) is 0. The molecule has 0 aliphatic carbocycles. The van der Waals surface area contributed by atoms with Gasteiger partial charge in [0.05, 0.1) is 0 Å². The summed E-state index contributed by atoms with van der Waals surface area (Å²) in [6.07, 6.45) is 0.575. The molecule has 0 amide bonds.